The van der Waals surface area contributed by atoms with Crippen molar-refractivity contribution in [1.82, 2.24) is 16.0 Å². The Labute approximate surface area is 192 Å². The molecule has 7 N–H and O–H groups in total. The lowest BCUT2D eigenvalue weighted by atomic mass is 10.0. The Hall–Kier alpha value is -2.63. The van der Waals surface area contributed by atoms with E-state index in [1.54, 1.807) is 13.8 Å². The van der Waals surface area contributed by atoms with Gasteiger partial charge in [-0.05, 0) is 24.8 Å². The van der Waals surface area contributed by atoms with Crippen LogP contribution < -0.4 is 21.7 Å². The average Bonchev–Trinajstić information content (AvgIpc) is 2.73. The number of rotatable bonds is 12. The van der Waals surface area contributed by atoms with Gasteiger partial charge in [0, 0.05) is 5.75 Å². The van der Waals surface area contributed by atoms with Gasteiger partial charge in [-0.1, -0.05) is 44.2 Å². The van der Waals surface area contributed by atoms with Crippen LogP contribution in [0.3, 0.4) is 0 Å². The van der Waals surface area contributed by atoms with Crippen LogP contribution in [-0.4, -0.2) is 69.9 Å². The number of amides is 3. The van der Waals surface area contributed by atoms with Gasteiger partial charge in [-0.15, -0.1) is 0 Å². The predicted octanol–water partition coefficient (Wildman–Crippen LogP) is -0.938. The molecule has 11 heteroatoms. The van der Waals surface area contributed by atoms with Gasteiger partial charge in [0.2, 0.25) is 17.7 Å². The van der Waals surface area contributed by atoms with Crippen LogP contribution in [-0.2, 0) is 25.6 Å². The third kappa shape index (κ3) is 8.48. The summed E-state index contributed by atoms with van der Waals surface area (Å²) in [6, 6.07) is 4.40. The molecule has 5 atom stereocenters. The summed E-state index contributed by atoms with van der Waals surface area (Å²) >= 11 is 4.04. The Morgan fingerprint density at radius 3 is 1.97 bits per heavy atom. The quantitative estimate of drug-likeness (QED) is 0.194. The first-order valence-corrected chi connectivity index (χ1v) is 10.8. The van der Waals surface area contributed by atoms with Crippen LogP contribution in [0.1, 0.15) is 26.3 Å². The van der Waals surface area contributed by atoms with E-state index in [1.807, 2.05) is 30.3 Å². The van der Waals surface area contributed by atoms with Crippen LogP contribution >= 0.6 is 12.6 Å². The van der Waals surface area contributed by atoms with Crippen molar-refractivity contribution >= 4 is 36.3 Å². The molecule has 3 amide bonds. The molecule has 0 saturated heterocycles. The molecule has 0 heterocycles. The molecule has 32 heavy (non-hydrogen) atoms. The largest absolute Gasteiger partial charge is 0.480 e. The monoisotopic (exact) mass is 468 g/mol. The van der Waals surface area contributed by atoms with Gasteiger partial charge in [-0.2, -0.15) is 12.6 Å². The number of hydrogen-bond donors (Lipinski definition) is 7. The number of carboxylic acids is 1. The van der Waals surface area contributed by atoms with Gasteiger partial charge in [-0.25, -0.2) is 4.79 Å². The number of thiol groups is 1. The Morgan fingerprint density at radius 1 is 0.938 bits per heavy atom. The van der Waals surface area contributed by atoms with E-state index in [-0.39, 0.29) is 18.1 Å². The van der Waals surface area contributed by atoms with E-state index in [0.29, 0.717) is 0 Å². The highest BCUT2D eigenvalue weighted by atomic mass is 32.1. The van der Waals surface area contributed by atoms with Crippen LogP contribution in [0.5, 0.6) is 0 Å². The first-order chi connectivity index (χ1) is 15.0. The van der Waals surface area contributed by atoms with Crippen molar-refractivity contribution in [3.05, 3.63) is 35.9 Å². The SMILES string of the molecule is CC(C)C(NC(=O)C(CS)NC(=O)C(NC(=O)C(N)Cc1ccccc1)C(C)O)C(=O)O. The summed E-state index contributed by atoms with van der Waals surface area (Å²) in [5.74, 6) is -3.94. The van der Waals surface area contributed by atoms with E-state index >= 15 is 0 Å². The molecule has 0 aliphatic heterocycles. The number of hydrogen-bond acceptors (Lipinski definition) is 7. The zero-order valence-corrected chi connectivity index (χ0v) is 19.2. The fraction of sp³-hybridized carbons (Fsp3) is 0.524. The second-order valence-corrected chi connectivity index (χ2v) is 8.20. The van der Waals surface area contributed by atoms with E-state index in [0.717, 1.165) is 5.56 Å². The number of carbonyl (C=O) groups excluding carboxylic acids is 3. The maximum absolute atomic E-state index is 12.7. The molecule has 0 aliphatic rings. The van der Waals surface area contributed by atoms with Crippen LogP contribution in [0.4, 0.5) is 0 Å². The second-order valence-electron chi connectivity index (χ2n) is 7.84. The van der Waals surface area contributed by atoms with Crippen molar-refractivity contribution in [2.75, 3.05) is 5.75 Å². The summed E-state index contributed by atoms with van der Waals surface area (Å²) in [5, 5.41) is 26.4. The molecular formula is C21H32N4O6S. The smallest absolute Gasteiger partial charge is 0.326 e. The maximum Gasteiger partial charge on any atom is 0.326 e. The van der Waals surface area contributed by atoms with Crippen molar-refractivity contribution in [2.24, 2.45) is 11.7 Å². The zero-order chi connectivity index (χ0) is 24.4. The highest BCUT2D eigenvalue weighted by Crippen LogP contribution is 2.05. The Balaban J connectivity index is 2.80. The summed E-state index contributed by atoms with van der Waals surface area (Å²) in [5.41, 5.74) is 6.76. The number of aliphatic hydroxyl groups excluding tert-OH is 1. The molecular weight excluding hydrogens is 436 g/mol. The molecule has 0 saturated carbocycles. The van der Waals surface area contributed by atoms with Crippen molar-refractivity contribution < 1.29 is 29.4 Å². The number of nitrogens with two attached hydrogens (primary N) is 1. The molecule has 178 valence electrons. The van der Waals surface area contributed by atoms with Gasteiger partial charge >= 0.3 is 5.97 Å². The van der Waals surface area contributed by atoms with Crippen LogP contribution in [0, 0.1) is 5.92 Å². The third-order valence-corrected chi connectivity index (χ3v) is 5.11. The molecule has 0 bridgehead atoms. The summed E-state index contributed by atoms with van der Waals surface area (Å²) in [6.45, 7) is 4.57. The van der Waals surface area contributed by atoms with Crippen molar-refractivity contribution in [2.45, 2.75) is 57.5 Å². The minimum absolute atomic E-state index is 0.129. The second kappa shape index (κ2) is 13.0. The summed E-state index contributed by atoms with van der Waals surface area (Å²) in [6.07, 6.45) is -1.05. The highest BCUT2D eigenvalue weighted by Gasteiger charge is 2.32. The van der Waals surface area contributed by atoms with Gasteiger partial charge in [-0.3, -0.25) is 14.4 Å². The lowest BCUT2D eigenvalue weighted by Gasteiger charge is -2.26. The van der Waals surface area contributed by atoms with Crippen LogP contribution in [0.15, 0.2) is 30.3 Å². The van der Waals surface area contributed by atoms with Gasteiger partial charge in [0.1, 0.15) is 18.1 Å². The lowest BCUT2D eigenvalue weighted by molar-refractivity contribution is -0.143. The molecule has 0 aromatic heterocycles. The number of benzene rings is 1. The van der Waals surface area contributed by atoms with Gasteiger partial charge < -0.3 is 31.9 Å². The van der Waals surface area contributed by atoms with Gasteiger partial charge in [0.25, 0.3) is 0 Å². The summed E-state index contributed by atoms with van der Waals surface area (Å²) < 4.78 is 0. The first-order valence-electron chi connectivity index (χ1n) is 10.2. The Morgan fingerprint density at radius 2 is 1.50 bits per heavy atom. The van der Waals surface area contributed by atoms with Crippen molar-refractivity contribution in [1.29, 1.82) is 0 Å². The third-order valence-electron chi connectivity index (χ3n) is 4.74. The molecule has 0 radical (unpaired) electrons. The van der Waals surface area contributed by atoms with Crippen molar-refractivity contribution in [3.8, 4) is 0 Å². The van der Waals surface area contributed by atoms with Gasteiger partial charge in [0.15, 0.2) is 0 Å². The molecule has 1 rings (SSSR count). The Bertz CT molecular complexity index is 790. The topological polar surface area (TPSA) is 171 Å². The van der Waals surface area contributed by atoms with E-state index in [9.17, 15) is 29.4 Å². The molecule has 0 aliphatic carbocycles. The minimum atomic E-state index is -1.38. The maximum atomic E-state index is 12.7. The Kier molecular flexibility index (Phi) is 11.2. The number of nitrogens with one attached hydrogen (secondary N) is 3. The summed E-state index contributed by atoms with van der Waals surface area (Å²) in [7, 11) is 0. The highest BCUT2D eigenvalue weighted by molar-refractivity contribution is 7.80. The fourth-order valence-electron chi connectivity index (χ4n) is 2.85. The van der Waals surface area contributed by atoms with Crippen LogP contribution in [0.25, 0.3) is 0 Å². The van der Waals surface area contributed by atoms with E-state index < -0.39 is 54.0 Å². The molecule has 1 aromatic rings. The molecule has 1 aromatic carbocycles. The minimum Gasteiger partial charge on any atom is -0.480 e. The fourth-order valence-corrected chi connectivity index (χ4v) is 3.11. The molecule has 0 spiro atoms. The number of aliphatic hydroxyl groups is 1. The van der Waals surface area contributed by atoms with E-state index in [4.69, 9.17) is 5.73 Å². The normalized spacial score (nSPS) is 15.7. The van der Waals surface area contributed by atoms with Crippen molar-refractivity contribution in [3.63, 3.8) is 0 Å². The summed E-state index contributed by atoms with van der Waals surface area (Å²) in [4.78, 5) is 48.9. The molecule has 5 unspecified atom stereocenters. The standard InChI is InChI=1S/C21H32N4O6S/c1-11(2)16(21(30)31)24-19(28)15(10-32)23-20(29)17(12(3)26)25-18(27)14(22)9-13-7-5-4-6-8-13/h4-8,11-12,14-17,26,32H,9-10,22H2,1-3H3,(H,23,29)(H,24,28)(H,25,27)(H,30,31). The van der Waals surface area contributed by atoms with Crippen LogP contribution in [0.2, 0.25) is 0 Å². The molecule has 0 fully saturated rings. The van der Waals surface area contributed by atoms with E-state index in [2.05, 4.69) is 28.6 Å². The van der Waals surface area contributed by atoms with Gasteiger partial charge in [0.05, 0.1) is 12.1 Å². The first kappa shape index (κ1) is 27.4. The zero-order valence-electron chi connectivity index (χ0n) is 18.3. The number of carboxylic acid groups (broad SMARTS) is 1. The lowest BCUT2D eigenvalue weighted by Crippen LogP contribution is -2.60. The van der Waals surface area contributed by atoms with E-state index in [1.165, 1.54) is 6.92 Å². The number of aliphatic carboxylic acids is 1. The number of carbonyl (C=O) groups is 4. The average molecular weight is 469 g/mol. The molecule has 10 nitrogen and oxygen atoms in total. The predicted molar refractivity (Wildman–Crippen MR) is 122 cm³/mol.